The normalized spacial score (nSPS) is 16.1. The molecule has 0 saturated heterocycles. The summed E-state index contributed by atoms with van der Waals surface area (Å²) in [6.45, 7) is 2.94. The average molecular weight is 362 g/mol. The van der Waals surface area contributed by atoms with Crippen molar-refractivity contribution in [2.45, 2.75) is 19.5 Å². The molecule has 0 spiro atoms. The Bertz CT molecular complexity index is 821. The first kappa shape index (κ1) is 17.9. The van der Waals surface area contributed by atoms with Gasteiger partial charge in [-0.05, 0) is 25.1 Å². The van der Waals surface area contributed by atoms with E-state index in [9.17, 15) is 18.4 Å². The Morgan fingerprint density at radius 2 is 2.00 bits per heavy atom. The molecule has 0 saturated carbocycles. The van der Waals surface area contributed by atoms with Crippen LogP contribution in [0.2, 0.25) is 0 Å². The van der Waals surface area contributed by atoms with Gasteiger partial charge < -0.3 is 20.1 Å². The number of nitrogens with one attached hydrogen (secondary N) is 2. The minimum atomic E-state index is -0.709. The second-order valence-corrected chi connectivity index (χ2v) is 5.99. The molecule has 2 aromatic rings. The lowest BCUT2D eigenvalue weighted by Crippen LogP contribution is -2.48. The largest absolute Gasteiger partial charge is 0.348 e. The molecule has 0 aliphatic carbocycles. The second kappa shape index (κ2) is 7.55. The van der Waals surface area contributed by atoms with Gasteiger partial charge in [-0.1, -0.05) is 6.07 Å². The Kier molecular flexibility index (Phi) is 5.20. The van der Waals surface area contributed by atoms with E-state index in [2.05, 4.69) is 10.6 Å². The number of hydrogen-bond donors (Lipinski definition) is 2. The molecular formula is C18H20F2N4O2. The van der Waals surface area contributed by atoms with E-state index in [0.717, 1.165) is 11.8 Å². The topological polar surface area (TPSA) is 66.4 Å². The molecule has 8 heteroatoms. The number of nitrogens with zero attached hydrogens (tertiary/aromatic N) is 2. The average Bonchev–Trinajstić information content (AvgIpc) is 3.08. The summed E-state index contributed by atoms with van der Waals surface area (Å²) in [6.07, 6.45) is 1.86. The highest BCUT2D eigenvalue weighted by molar-refractivity contribution is 5.84. The molecule has 1 aromatic carbocycles. The lowest BCUT2D eigenvalue weighted by Gasteiger charge is -2.37. The predicted octanol–water partition coefficient (Wildman–Crippen LogP) is 2.02. The minimum Gasteiger partial charge on any atom is -0.348 e. The lowest BCUT2D eigenvalue weighted by molar-refractivity contribution is -0.132. The number of fused-ring (bicyclic) bond motifs is 1. The highest BCUT2D eigenvalue weighted by Gasteiger charge is 2.33. The summed E-state index contributed by atoms with van der Waals surface area (Å²) in [5.74, 6) is -1.72. The van der Waals surface area contributed by atoms with Gasteiger partial charge in [-0.15, -0.1) is 0 Å². The smallest absolute Gasteiger partial charge is 0.315 e. The van der Waals surface area contributed by atoms with Crippen molar-refractivity contribution in [2.24, 2.45) is 0 Å². The molecule has 3 rings (SSSR count). The first-order chi connectivity index (χ1) is 12.5. The fraction of sp³-hybridized carbons (Fsp3) is 0.333. The molecule has 26 heavy (non-hydrogen) atoms. The summed E-state index contributed by atoms with van der Waals surface area (Å²) in [5.41, 5.74) is 0.963. The molecule has 3 amide bonds. The zero-order valence-corrected chi connectivity index (χ0v) is 14.3. The predicted molar refractivity (Wildman–Crippen MR) is 91.4 cm³/mol. The van der Waals surface area contributed by atoms with E-state index in [1.54, 1.807) is 6.92 Å². The van der Waals surface area contributed by atoms with Crippen LogP contribution < -0.4 is 10.6 Å². The van der Waals surface area contributed by atoms with Crippen LogP contribution in [0, 0.1) is 11.6 Å². The van der Waals surface area contributed by atoms with Crippen molar-refractivity contribution in [1.82, 2.24) is 20.1 Å². The number of benzene rings is 1. The van der Waals surface area contributed by atoms with Gasteiger partial charge in [0.25, 0.3) is 0 Å². The number of hydrogen-bond acceptors (Lipinski definition) is 2. The number of aromatic nitrogens is 1. The van der Waals surface area contributed by atoms with Gasteiger partial charge in [0.05, 0.1) is 6.54 Å². The van der Waals surface area contributed by atoms with Crippen LogP contribution in [0.25, 0.3) is 0 Å². The fourth-order valence-electron chi connectivity index (χ4n) is 3.18. The molecule has 2 heterocycles. The summed E-state index contributed by atoms with van der Waals surface area (Å²) >= 11 is 0. The zero-order valence-electron chi connectivity index (χ0n) is 14.3. The van der Waals surface area contributed by atoms with Crippen molar-refractivity contribution in [3.8, 4) is 0 Å². The molecule has 1 atom stereocenters. The first-order valence-electron chi connectivity index (χ1n) is 8.42. The van der Waals surface area contributed by atoms with Gasteiger partial charge in [0.2, 0.25) is 5.91 Å². The molecule has 0 radical (unpaired) electrons. The van der Waals surface area contributed by atoms with Crippen LogP contribution in [0.4, 0.5) is 13.6 Å². The van der Waals surface area contributed by atoms with E-state index in [1.165, 1.54) is 17.0 Å². The maximum absolute atomic E-state index is 14.4. The van der Waals surface area contributed by atoms with Crippen LogP contribution in [0.3, 0.4) is 0 Å². The van der Waals surface area contributed by atoms with Crippen molar-refractivity contribution >= 4 is 11.9 Å². The van der Waals surface area contributed by atoms with Crippen LogP contribution >= 0.6 is 0 Å². The number of carbonyl (C=O) groups is 2. The Labute approximate surface area is 149 Å². The molecule has 6 nitrogen and oxygen atoms in total. The molecule has 2 N–H and O–H groups in total. The van der Waals surface area contributed by atoms with Gasteiger partial charge in [0.1, 0.15) is 17.7 Å². The SMILES string of the molecule is CCNC(=O)NCC(=O)N1CCn2cccc2[C@H]1c1ccc(F)cc1F. The van der Waals surface area contributed by atoms with Gasteiger partial charge in [-0.2, -0.15) is 0 Å². The van der Waals surface area contributed by atoms with E-state index in [4.69, 9.17) is 0 Å². The quantitative estimate of drug-likeness (QED) is 0.874. The Balaban J connectivity index is 1.89. The molecular weight excluding hydrogens is 342 g/mol. The van der Waals surface area contributed by atoms with E-state index in [-0.39, 0.29) is 18.0 Å². The summed E-state index contributed by atoms with van der Waals surface area (Å²) < 4.78 is 29.7. The molecule has 1 aromatic heterocycles. The summed E-state index contributed by atoms with van der Waals surface area (Å²) in [4.78, 5) is 25.7. The maximum Gasteiger partial charge on any atom is 0.315 e. The third-order valence-corrected chi connectivity index (χ3v) is 4.35. The van der Waals surface area contributed by atoms with Crippen LogP contribution in [-0.4, -0.2) is 41.0 Å². The highest BCUT2D eigenvalue weighted by atomic mass is 19.1. The number of urea groups is 1. The summed E-state index contributed by atoms with van der Waals surface area (Å²) in [7, 11) is 0. The van der Waals surface area contributed by atoms with Gasteiger partial charge in [-0.3, -0.25) is 4.79 Å². The molecule has 0 unspecified atom stereocenters. The van der Waals surface area contributed by atoms with Crippen LogP contribution in [0.5, 0.6) is 0 Å². The van der Waals surface area contributed by atoms with Gasteiger partial charge in [0.15, 0.2) is 0 Å². The van der Waals surface area contributed by atoms with Crippen LogP contribution in [0.1, 0.15) is 24.2 Å². The second-order valence-electron chi connectivity index (χ2n) is 5.99. The van der Waals surface area contributed by atoms with E-state index in [1.807, 2.05) is 22.9 Å². The molecule has 138 valence electrons. The standard InChI is InChI=1S/C18H20F2N4O2/c1-2-21-18(26)22-11-16(25)24-9-8-23-7-3-4-15(23)17(24)13-6-5-12(19)10-14(13)20/h3-7,10,17H,2,8-9,11H2,1H3,(H2,21,22,26)/t17-/m1/s1. The third-order valence-electron chi connectivity index (χ3n) is 4.35. The Morgan fingerprint density at radius 1 is 1.19 bits per heavy atom. The minimum absolute atomic E-state index is 0.203. The van der Waals surface area contributed by atoms with E-state index >= 15 is 0 Å². The zero-order chi connectivity index (χ0) is 18.7. The number of carbonyl (C=O) groups excluding carboxylic acids is 2. The van der Waals surface area contributed by atoms with Crippen LogP contribution in [0.15, 0.2) is 36.5 Å². The van der Waals surface area contributed by atoms with Crippen molar-refractivity contribution in [3.05, 3.63) is 59.4 Å². The number of rotatable bonds is 4. The number of halogens is 2. The molecule has 0 fully saturated rings. The molecule has 1 aliphatic heterocycles. The van der Waals surface area contributed by atoms with Crippen molar-refractivity contribution in [3.63, 3.8) is 0 Å². The number of amides is 3. The lowest BCUT2D eigenvalue weighted by atomic mass is 9.99. The van der Waals surface area contributed by atoms with E-state index in [0.29, 0.717) is 19.6 Å². The summed E-state index contributed by atoms with van der Waals surface area (Å²) in [5, 5.41) is 5.04. The molecule has 1 aliphatic rings. The van der Waals surface area contributed by atoms with Crippen LogP contribution in [-0.2, 0) is 11.3 Å². The third kappa shape index (κ3) is 3.54. The van der Waals surface area contributed by atoms with Crippen molar-refractivity contribution < 1.29 is 18.4 Å². The van der Waals surface area contributed by atoms with Gasteiger partial charge in [-0.25, -0.2) is 13.6 Å². The van der Waals surface area contributed by atoms with Gasteiger partial charge >= 0.3 is 6.03 Å². The van der Waals surface area contributed by atoms with E-state index < -0.39 is 23.7 Å². The molecule has 0 bridgehead atoms. The highest BCUT2D eigenvalue weighted by Crippen LogP contribution is 2.34. The van der Waals surface area contributed by atoms with Crippen molar-refractivity contribution in [2.75, 3.05) is 19.6 Å². The monoisotopic (exact) mass is 362 g/mol. The Morgan fingerprint density at radius 3 is 2.73 bits per heavy atom. The Hall–Kier alpha value is -2.90. The van der Waals surface area contributed by atoms with Gasteiger partial charge in [0, 0.05) is 43.2 Å². The fourth-order valence-corrected chi connectivity index (χ4v) is 3.18. The summed E-state index contributed by atoms with van der Waals surface area (Å²) in [6, 6.07) is 5.86. The first-order valence-corrected chi connectivity index (χ1v) is 8.42. The van der Waals surface area contributed by atoms with Crippen molar-refractivity contribution in [1.29, 1.82) is 0 Å². The maximum atomic E-state index is 14.4.